The molecule has 0 heterocycles. The van der Waals surface area contributed by atoms with Crippen molar-refractivity contribution in [2.45, 2.75) is 50.9 Å². The zero-order chi connectivity index (χ0) is 20.2. The number of benzene rings is 2. The number of carbonyl (C=O) groups is 1. The van der Waals surface area contributed by atoms with Crippen LogP contribution in [-0.4, -0.2) is 10.8 Å². The summed E-state index contributed by atoms with van der Waals surface area (Å²) < 4.78 is 0. The highest BCUT2D eigenvalue weighted by Crippen LogP contribution is 2.31. The van der Waals surface area contributed by atoms with Gasteiger partial charge in [-0.05, 0) is 31.4 Å². The molecular weight excluding hydrogens is 352 g/mol. The lowest BCUT2D eigenvalue weighted by Gasteiger charge is -2.17. The lowest BCUT2D eigenvalue weighted by atomic mass is 9.90. The third-order valence-electron chi connectivity index (χ3n) is 4.77. The second kappa shape index (κ2) is 11.7. The Hall–Kier alpha value is -2.95. The molecule has 1 atom stereocenters. The van der Waals surface area contributed by atoms with E-state index >= 15 is 0 Å². The first-order valence-electron chi connectivity index (χ1n) is 9.83. The van der Waals surface area contributed by atoms with Crippen LogP contribution in [0, 0.1) is 10.1 Å². The van der Waals surface area contributed by atoms with Crippen molar-refractivity contribution in [3.8, 4) is 0 Å². The van der Waals surface area contributed by atoms with Gasteiger partial charge in [0.2, 0.25) is 5.91 Å². The monoisotopic (exact) mass is 380 g/mol. The molecule has 2 rings (SSSR count). The van der Waals surface area contributed by atoms with Crippen LogP contribution in [0.1, 0.15) is 56.4 Å². The van der Waals surface area contributed by atoms with E-state index in [1.807, 2.05) is 36.4 Å². The smallest absolute Gasteiger partial charge is 0.273 e. The van der Waals surface area contributed by atoms with Crippen LogP contribution in [0.4, 0.5) is 11.4 Å². The number of rotatable bonds is 12. The summed E-state index contributed by atoms with van der Waals surface area (Å²) in [5.74, 6) is -0.748. The quantitative estimate of drug-likeness (QED) is 0.205. The Kier molecular flexibility index (Phi) is 8.92. The summed E-state index contributed by atoms with van der Waals surface area (Å²) in [6.45, 7) is 3.73. The Morgan fingerprint density at radius 3 is 2.36 bits per heavy atom. The largest absolute Gasteiger partial charge is 0.326 e. The standard InChI is InChI=1S/C23H28N2O3/c1-2-3-4-5-6-7-11-17-21(20-16-12-13-18-22(20)25(27)28)23(26)24-19-14-9-8-10-15-19/h2,8-10,12-16,18,21H,1,3-7,11,17H2,(H,24,26). The second-order valence-electron chi connectivity index (χ2n) is 6.86. The first kappa shape index (κ1) is 21.4. The number of hydrogen-bond donors (Lipinski definition) is 1. The molecule has 5 nitrogen and oxygen atoms in total. The van der Waals surface area contributed by atoms with Gasteiger partial charge in [0.25, 0.3) is 5.69 Å². The summed E-state index contributed by atoms with van der Waals surface area (Å²) in [4.78, 5) is 24.0. The molecule has 5 heteroatoms. The van der Waals surface area contributed by atoms with E-state index in [4.69, 9.17) is 0 Å². The molecule has 0 aliphatic carbocycles. The van der Waals surface area contributed by atoms with Crippen LogP contribution in [0.2, 0.25) is 0 Å². The molecule has 0 radical (unpaired) electrons. The van der Waals surface area contributed by atoms with E-state index in [1.165, 1.54) is 6.07 Å². The summed E-state index contributed by atoms with van der Waals surface area (Å²) in [7, 11) is 0. The average Bonchev–Trinajstić information content (AvgIpc) is 2.71. The van der Waals surface area contributed by atoms with E-state index in [1.54, 1.807) is 18.2 Å². The van der Waals surface area contributed by atoms with Crippen molar-refractivity contribution in [1.82, 2.24) is 0 Å². The molecule has 0 bridgehead atoms. The minimum absolute atomic E-state index is 0.00157. The number of hydrogen-bond acceptors (Lipinski definition) is 3. The Morgan fingerprint density at radius 2 is 1.64 bits per heavy atom. The van der Waals surface area contributed by atoms with E-state index in [2.05, 4.69) is 11.9 Å². The zero-order valence-electron chi connectivity index (χ0n) is 16.2. The first-order chi connectivity index (χ1) is 13.6. The van der Waals surface area contributed by atoms with Gasteiger partial charge in [-0.3, -0.25) is 14.9 Å². The van der Waals surface area contributed by atoms with E-state index in [9.17, 15) is 14.9 Å². The van der Waals surface area contributed by atoms with Crippen molar-refractivity contribution < 1.29 is 9.72 Å². The number of amides is 1. The minimum atomic E-state index is -0.546. The molecule has 28 heavy (non-hydrogen) atoms. The summed E-state index contributed by atoms with van der Waals surface area (Å²) in [6, 6.07) is 15.7. The molecule has 2 aromatic rings. The zero-order valence-corrected chi connectivity index (χ0v) is 16.2. The molecule has 0 aromatic heterocycles. The van der Waals surface area contributed by atoms with Crippen LogP contribution in [0.15, 0.2) is 67.3 Å². The molecular formula is C23H28N2O3. The summed E-state index contributed by atoms with van der Waals surface area (Å²) in [6.07, 6.45) is 8.77. The highest BCUT2D eigenvalue weighted by molar-refractivity contribution is 5.96. The van der Waals surface area contributed by atoms with Gasteiger partial charge in [0.15, 0.2) is 0 Å². The van der Waals surface area contributed by atoms with Gasteiger partial charge >= 0.3 is 0 Å². The highest BCUT2D eigenvalue weighted by Gasteiger charge is 2.27. The molecule has 0 fully saturated rings. The number of unbranched alkanes of at least 4 members (excludes halogenated alkanes) is 5. The van der Waals surface area contributed by atoms with Crippen molar-refractivity contribution in [3.05, 3.63) is 82.9 Å². The molecule has 0 aliphatic rings. The number of anilines is 1. The number of nitro benzene ring substituents is 1. The third-order valence-corrected chi connectivity index (χ3v) is 4.77. The Morgan fingerprint density at radius 1 is 1.00 bits per heavy atom. The van der Waals surface area contributed by atoms with Gasteiger partial charge in [0, 0.05) is 17.3 Å². The van der Waals surface area contributed by atoms with Crippen LogP contribution in [-0.2, 0) is 4.79 Å². The van der Waals surface area contributed by atoms with Gasteiger partial charge in [-0.15, -0.1) is 6.58 Å². The van der Waals surface area contributed by atoms with Crippen molar-refractivity contribution in [3.63, 3.8) is 0 Å². The van der Waals surface area contributed by atoms with Gasteiger partial charge < -0.3 is 5.32 Å². The fraction of sp³-hybridized carbons (Fsp3) is 0.348. The minimum Gasteiger partial charge on any atom is -0.326 e. The lowest BCUT2D eigenvalue weighted by molar-refractivity contribution is -0.385. The summed E-state index contributed by atoms with van der Waals surface area (Å²) in [5, 5.41) is 14.4. The van der Waals surface area contributed by atoms with Crippen LogP contribution in [0.3, 0.4) is 0 Å². The van der Waals surface area contributed by atoms with Gasteiger partial charge in [0.05, 0.1) is 10.8 Å². The second-order valence-corrected chi connectivity index (χ2v) is 6.86. The van der Waals surface area contributed by atoms with Crippen molar-refractivity contribution in [2.75, 3.05) is 5.32 Å². The maximum absolute atomic E-state index is 12.9. The normalized spacial score (nSPS) is 11.6. The van der Waals surface area contributed by atoms with Crippen molar-refractivity contribution >= 4 is 17.3 Å². The molecule has 148 valence electrons. The van der Waals surface area contributed by atoms with Gasteiger partial charge in [-0.2, -0.15) is 0 Å². The third kappa shape index (κ3) is 6.65. The maximum atomic E-state index is 12.9. The Bertz CT molecular complexity index is 774. The SMILES string of the molecule is C=CCCCCCCCC(C(=O)Nc1ccccc1)c1ccccc1[N+](=O)[O-]. The topological polar surface area (TPSA) is 72.2 Å². The van der Waals surface area contributed by atoms with Crippen LogP contribution in [0.25, 0.3) is 0 Å². The molecule has 0 spiro atoms. The molecule has 1 N–H and O–H groups in total. The van der Waals surface area contributed by atoms with Crippen LogP contribution in [0.5, 0.6) is 0 Å². The first-order valence-corrected chi connectivity index (χ1v) is 9.83. The molecule has 1 unspecified atom stereocenters. The fourth-order valence-electron chi connectivity index (χ4n) is 3.29. The Labute approximate surface area is 166 Å². The summed E-state index contributed by atoms with van der Waals surface area (Å²) >= 11 is 0. The molecule has 0 saturated heterocycles. The average molecular weight is 380 g/mol. The summed E-state index contributed by atoms with van der Waals surface area (Å²) in [5.41, 5.74) is 1.18. The highest BCUT2D eigenvalue weighted by atomic mass is 16.6. The van der Waals surface area contributed by atoms with E-state index in [0.29, 0.717) is 17.7 Å². The van der Waals surface area contributed by atoms with Gasteiger partial charge in [-0.1, -0.05) is 68.2 Å². The number of nitrogens with zero attached hydrogens (tertiary/aromatic N) is 1. The van der Waals surface area contributed by atoms with Crippen molar-refractivity contribution in [2.24, 2.45) is 0 Å². The molecule has 0 aliphatic heterocycles. The molecule has 0 saturated carbocycles. The maximum Gasteiger partial charge on any atom is 0.273 e. The predicted octanol–water partition coefficient (Wildman–Crippen LogP) is 6.23. The number of nitro groups is 1. The van der Waals surface area contributed by atoms with E-state index in [0.717, 1.165) is 38.5 Å². The van der Waals surface area contributed by atoms with Gasteiger partial charge in [0.1, 0.15) is 0 Å². The fourth-order valence-corrected chi connectivity index (χ4v) is 3.29. The van der Waals surface area contributed by atoms with E-state index in [-0.39, 0.29) is 11.6 Å². The Balaban J connectivity index is 2.08. The van der Waals surface area contributed by atoms with Gasteiger partial charge in [-0.25, -0.2) is 0 Å². The predicted molar refractivity (Wildman–Crippen MR) is 113 cm³/mol. The lowest BCUT2D eigenvalue weighted by Crippen LogP contribution is -2.22. The molecule has 1 amide bonds. The molecule has 2 aromatic carbocycles. The number of carbonyl (C=O) groups excluding carboxylic acids is 1. The van der Waals surface area contributed by atoms with Crippen LogP contribution >= 0.6 is 0 Å². The van der Waals surface area contributed by atoms with E-state index < -0.39 is 10.8 Å². The van der Waals surface area contributed by atoms with Crippen molar-refractivity contribution in [1.29, 1.82) is 0 Å². The number of allylic oxidation sites excluding steroid dienone is 1. The number of para-hydroxylation sites is 2. The van der Waals surface area contributed by atoms with Crippen LogP contribution < -0.4 is 5.32 Å². The number of nitrogens with one attached hydrogen (secondary N) is 1.